The van der Waals surface area contributed by atoms with Gasteiger partial charge in [0.2, 0.25) is 0 Å². The van der Waals surface area contributed by atoms with Gasteiger partial charge in [-0.15, -0.1) is 11.6 Å². The van der Waals surface area contributed by atoms with E-state index in [1.807, 2.05) is 0 Å². The molecule has 2 unspecified atom stereocenters. The first kappa shape index (κ1) is 14.1. The van der Waals surface area contributed by atoms with Crippen LogP contribution in [0.1, 0.15) is 39.0 Å². The van der Waals surface area contributed by atoms with Gasteiger partial charge >= 0.3 is 6.18 Å². The van der Waals surface area contributed by atoms with E-state index in [4.69, 9.17) is 11.6 Å². The number of ether oxygens (including phenoxy) is 1. The topological polar surface area (TPSA) is 9.23 Å². The average Bonchev–Trinajstić information content (AvgIpc) is 2.44. The van der Waals surface area contributed by atoms with Crippen LogP contribution in [0.15, 0.2) is 0 Å². The fourth-order valence-corrected chi connectivity index (χ4v) is 2.74. The minimum Gasteiger partial charge on any atom is -0.372 e. The number of alkyl halides is 4. The summed E-state index contributed by atoms with van der Waals surface area (Å²) in [5.74, 6) is 0. The molecule has 0 bridgehead atoms. The zero-order valence-corrected chi connectivity index (χ0v) is 10.2. The van der Waals surface area contributed by atoms with Crippen molar-refractivity contribution in [3.63, 3.8) is 0 Å². The van der Waals surface area contributed by atoms with Crippen LogP contribution in [0.5, 0.6) is 0 Å². The van der Waals surface area contributed by atoms with Crippen LogP contribution in [-0.2, 0) is 4.74 Å². The van der Waals surface area contributed by atoms with Crippen LogP contribution in [0, 0.1) is 5.41 Å². The van der Waals surface area contributed by atoms with E-state index in [0.717, 1.165) is 25.7 Å². The molecule has 96 valence electrons. The predicted molar refractivity (Wildman–Crippen MR) is 57.7 cm³/mol. The first-order valence-electron chi connectivity index (χ1n) is 5.59. The highest BCUT2D eigenvalue weighted by molar-refractivity contribution is 6.20. The Bertz CT molecular complexity index is 220. The van der Waals surface area contributed by atoms with Crippen LogP contribution < -0.4 is 0 Å². The van der Waals surface area contributed by atoms with Crippen LogP contribution in [0.2, 0.25) is 0 Å². The van der Waals surface area contributed by atoms with E-state index in [9.17, 15) is 13.2 Å². The van der Waals surface area contributed by atoms with Crippen LogP contribution >= 0.6 is 11.6 Å². The molecular formula is C11H18ClF3O. The molecule has 1 aliphatic carbocycles. The maximum absolute atomic E-state index is 11.8. The molecule has 1 nitrogen and oxygen atoms in total. The molecule has 0 saturated heterocycles. The molecule has 5 heteroatoms. The summed E-state index contributed by atoms with van der Waals surface area (Å²) in [5.41, 5.74) is 0.202. The van der Waals surface area contributed by atoms with Crippen LogP contribution in [-0.4, -0.2) is 24.8 Å². The van der Waals surface area contributed by atoms with Crippen molar-refractivity contribution >= 4 is 11.6 Å². The van der Waals surface area contributed by atoms with Crippen molar-refractivity contribution in [3.8, 4) is 0 Å². The number of halogens is 4. The molecule has 0 heterocycles. The van der Waals surface area contributed by atoms with Gasteiger partial charge < -0.3 is 4.74 Å². The number of hydrogen-bond donors (Lipinski definition) is 0. The van der Waals surface area contributed by atoms with E-state index in [0.29, 0.717) is 6.42 Å². The fraction of sp³-hybridized carbons (Fsp3) is 1.00. The van der Waals surface area contributed by atoms with Crippen molar-refractivity contribution in [2.45, 2.75) is 50.6 Å². The van der Waals surface area contributed by atoms with Gasteiger partial charge in [-0.3, -0.25) is 0 Å². The van der Waals surface area contributed by atoms with Gasteiger partial charge in [-0.05, 0) is 37.5 Å². The highest BCUT2D eigenvalue weighted by Crippen LogP contribution is 2.43. The molecule has 1 fully saturated rings. The average molecular weight is 259 g/mol. The molecule has 1 rings (SSSR count). The molecule has 2 atom stereocenters. The molecule has 0 aromatic rings. The summed E-state index contributed by atoms with van der Waals surface area (Å²) in [5, 5.41) is 0.237. The fourth-order valence-electron chi connectivity index (χ4n) is 2.26. The molecule has 0 N–H and O–H groups in total. The van der Waals surface area contributed by atoms with Gasteiger partial charge in [0.1, 0.15) is 6.61 Å². The van der Waals surface area contributed by atoms with E-state index in [1.54, 1.807) is 0 Å². The Labute approximate surface area is 99.3 Å². The largest absolute Gasteiger partial charge is 0.411 e. The van der Waals surface area contributed by atoms with E-state index >= 15 is 0 Å². The Balaban J connectivity index is 2.07. The quantitative estimate of drug-likeness (QED) is 0.532. The molecule has 0 spiro atoms. The Kier molecular flexibility index (Phi) is 4.92. The molecule has 1 aliphatic rings. The lowest BCUT2D eigenvalue weighted by molar-refractivity contribution is -0.174. The Morgan fingerprint density at radius 1 is 1.44 bits per heavy atom. The second-order valence-electron chi connectivity index (χ2n) is 4.92. The summed E-state index contributed by atoms with van der Waals surface area (Å²) in [6.07, 6.45) is 0.415. The summed E-state index contributed by atoms with van der Waals surface area (Å²) in [4.78, 5) is 0. The third-order valence-corrected chi connectivity index (χ3v) is 3.48. The van der Waals surface area contributed by atoms with Gasteiger partial charge in [-0.25, -0.2) is 0 Å². The second kappa shape index (κ2) is 5.58. The third-order valence-electron chi connectivity index (χ3n) is 3.11. The van der Waals surface area contributed by atoms with Crippen molar-refractivity contribution in [2.24, 2.45) is 5.41 Å². The lowest BCUT2D eigenvalue weighted by Crippen LogP contribution is -2.18. The SMILES string of the molecule is CC1(CCCOCC(F)(F)F)CCC(Cl)C1. The summed E-state index contributed by atoms with van der Waals surface area (Å²) < 4.78 is 39.9. The lowest BCUT2D eigenvalue weighted by Gasteiger charge is -2.23. The van der Waals surface area contributed by atoms with Crippen molar-refractivity contribution in [1.29, 1.82) is 0 Å². The monoisotopic (exact) mass is 258 g/mol. The molecule has 0 aromatic carbocycles. The van der Waals surface area contributed by atoms with Crippen LogP contribution in [0.3, 0.4) is 0 Å². The van der Waals surface area contributed by atoms with Gasteiger partial charge in [0.15, 0.2) is 0 Å². The maximum Gasteiger partial charge on any atom is 0.411 e. The molecule has 0 aromatic heterocycles. The molecule has 16 heavy (non-hydrogen) atoms. The van der Waals surface area contributed by atoms with Crippen molar-refractivity contribution < 1.29 is 17.9 Å². The minimum atomic E-state index is -4.21. The van der Waals surface area contributed by atoms with Crippen LogP contribution in [0.4, 0.5) is 13.2 Å². The van der Waals surface area contributed by atoms with Gasteiger partial charge in [0.25, 0.3) is 0 Å². The zero-order chi connectivity index (χ0) is 12.2. The molecule has 1 saturated carbocycles. The summed E-state index contributed by atoms with van der Waals surface area (Å²) in [7, 11) is 0. The first-order chi connectivity index (χ1) is 7.31. The van der Waals surface area contributed by atoms with Gasteiger partial charge in [0, 0.05) is 12.0 Å². The maximum atomic E-state index is 11.8. The smallest absolute Gasteiger partial charge is 0.372 e. The Hall–Kier alpha value is 0.0400. The number of hydrogen-bond acceptors (Lipinski definition) is 1. The predicted octanol–water partition coefficient (Wildman–Crippen LogP) is 4.14. The Morgan fingerprint density at radius 2 is 2.12 bits per heavy atom. The zero-order valence-electron chi connectivity index (χ0n) is 9.45. The number of rotatable bonds is 5. The summed E-state index contributed by atoms with van der Waals surface area (Å²) in [6, 6.07) is 0. The first-order valence-corrected chi connectivity index (χ1v) is 6.03. The lowest BCUT2D eigenvalue weighted by atomic mass is 9.84. The van der Waals surface area contributed by atoms with Gasteiger partial charge in [-0.1, -0.05) is 6.92 Å². The Morgan fingerprint density at radius 3 is 2.62 bits per heavy atom. The van der Waals surface area contributed by atoms with E-state index in [-0.39, 0.29) is 17.4 Å². The normalized spacial score (nSPS) is 30.9. The van der Waals surface area contributed by atoms with Gasteiger partial charge in [0.05, 0.1) is 0 Å². The summed E-state index contributed by atoms with van der Waals surface area (Å²) in [6.45, 7) is 1.20. The molecule has 0 amide bonds. The third kappa shape index (κ3) is 5.39. The van der Waals surface area contributed by atoms with E-state index in [1.165, 1.54) is 0 Å². The molecule has 0 radical (unpaired) electrons. The second-order valence-corrected chi connectivity index (χ2v) is 5.54. The van der Waals surface area contributed by atoms with E-state index < -0.39 is 12.8 Å². The van der Waals surface area contributed by atoms with E-state index in [2.05, 4.69) is 11.7 Å². The highest BCUT2D eigenvalue weighted by atomic mass is 35.5. The highest BCUT2D eigenvalue weighted by Gasteiger charge is 2.33. The van der Waals surface area contributed by atoms with Crippen molar-refractivity contribution in [2.75, 3.05) is 13.2 Å². The summed E-state index contributed by atoms with van der Waals surface area (Å²) >= 11 is 6.02. The van der Waals surface area contributed by atoms with Crippen molar-refractivity contribution in [1.82, 2.24) is 0 Å². The minimum absolute atomic E-state index is 0.183. The van der Waals surface area contributed by atoms with Crippen LogP contribution in [0.25, 0.3) is 0 Å². The molecular weight excluding hydrogens is 241 g/mol. The van der Waals surface area contributed by atoms with Crippen molar-refractivity contribution in [3.05, 3.63) is 0 Å². The van der Waals surface area contributed by atoms with Gasteiger partial charge in [-0.2, -0.15) is 13.2 Å². The molecule has 0 aliphatic heterocycles. The standard InChI is InChI=1S/C11H18ClF3O/c1-10(5-3-9(12)7-10)4-2-6-16-8-11(13,14)15/h9H,2-8H2,1H3.